The van der Waals surface area contributed by atoms with Crippen LogP contribution in [-0.4, -0.2) is 27.2 Å². The summed E-state index contributed by atoms with van der Waals surface area (Å²) in [6, 6.07) is 1.57. The summed E-state index contributed by atoms with van der Waals surface area (Å²) in [7, 11) is 0. The second-order valence-corrected chi connectivity index (χ2v) is 3.58. The number of nitrogens with zero attached hydrogens (tertiary/aromatic N) is 1. The number of carbonyl (C=O) groups excluding carboxylic acids is 1. The van der Waals surface area contributed by atoms with E-state index in [0.717, 1.165) is 0 Å². The van der Waals surface area contributed by atoms with Crippen LogP contribution in [0.2, 0.25) is 5.02 Å². The molecule has 0 spiro atoms. The summed E-state index contributed by atoms with van der Waals surface area (Å²) >= 11 is 5.67. The molecule has 0 aliphatic carbocycles. The van der Waals surface area contributed by atoms with Crippen LogP contribution in [0.5, 0.6) is 0 Å². The number of amides is 1. The number of halogens is 1. The van der Waals surface area contributed by atoms with Crippen LogP contribution in [0.1, 0.15) is 17.4 Å². The maximum absolute atomic E-state index is 10.7. The van der Waals surface area contributed by atoms with Gasteiger partial charge in [0, 0.05) is 6.20 Å². The molecule has 4 N–H and O–H groups in total. The van der Waals surface area contributed by atoms with Crippen molar-refractivity contribution in [2.75, 3.05) is 0 Å². The van der Waals surface area contributed by atoms with Gasteiger partial charge in [-0.05, 0) is 18.6 Å². The Morgan fingerprint density at radius 1 is 1.60 bits per heavy atom. The summed E-state index contributed by atoms with van der Waals surface area (Å²) in [6.07, 6.45) is -1.78. The molecule has 0 aliphatic heterocycles. The molecule has 0 saturated heterocycles. The molecule has 1 aromatic heterocycles. The van der Waals surface area contributed by atoms with E-state index in [1.54, 1.807) is 13.0 Å². The largest absolute Gasteiger partial charge is 0.383 e. The highest BCUT2D eigenvalue weighted by Crippen LogP contribution is 2.20. The first-order valence-electron chi connectivity index (χ1n) is 4.21. The van der Waals surface area contributed by atoms with Gasteiger partial charge in [-0.1, -0.05) is 11.6 Å². The zero-order valence-corrected chi connectivity index (χ0v) is 8.77. The maximum atomic E-state index is 10.7. The van der Waals surface area contributed by atoms with Crippen molar-refractivity contribution in [3.8, 4) is 0 Å². The van der Waals surface area contributed by atoms with Crippen LogP contribution in [0.3, 0.4) is 0 Å². The number of nitrogens with two attached hydrogens (primary N) is 1. The van der Waals surface area contributed by atoms with Crippen molar-refractivity contribution >= 4 is 17.5 Å². The molecule has 1 aromatic rings. The normalized spacial score (nSPS) is 14.7. The van der Waals surface area contributed by atoms with Crippen molar-refractivity contribution < 1.29 is 15.0 Å². The van der Waals surface area contributed by atoms with Crippen LogP contribution in [-0.2, 0) is 4.79 Å². The van der Waals surface area contributed by atoms with E-state index < -0.39 is 18.1 Å². The first-order chi connectivity index (χ1) is 6.93. The molecule has 0 radical (unpaired) electrons. The molecule has 5 nitrogen and oxygen atoms in total. The van der Waals surface area contributed by atoms with Crippen LogP contribution in [0.25, 0.3) is 0 Å². The number of aromatic nitrogens is 1. The topological polar surface area (TPSA) is 96.4 Å². The van der Waals surface area contributed by atoms with Gasteiger partial charge in [-0.25, -0.2) is 0 Å². The zero-order valence-electron chi connectivity index (χ0n) is 8.01. The maximum Gasteiger partial charge on any atom is 0.249 e. The molecular formula is C9H11ClN2O3. The number of aliphatic hydroxyl groups is 2. The fourth-order valence-electron chi connectivity index (χ4n) is 1.17. The van der Waals surface area contributed by atoms with Gasteiger partial charge in [0.25, 0.3) is 0 Å². The van der Waals surface area contributed by atoms with Gasteiger partial charge in [0.1, 0.15) is 6.10 Å². The molecule has 2 atom stereocenters. The summed E-state index contributed by atoms with van der Waals surface area (Å²) < 4.78 is 0. The van der Waals surface area contributed by atoms with Crippen molar-refractivity contribution in [2.45, 2.75) is 19.1 Å². The van der Waals surface area contributed by atoms with Crippen molar-refractivity contribution in [3.05, 3.63) is 28.5 Å². The fourth-order valence-corrected chi connectivity index (χ4v) is 1.38. The number of aryl methyl sites for hydroxylation is 1. The Hall–Kier alpha value is -1.17. The molecule has 2 unspecified atom stereocenters. The Morgan fingerprint density at radius 2 is 2.20 bits per heavy atom. The van der Waals surface area contributed by atoms with E-state index >= 15 is 0 Å². The highest BCUT2D eigenvalue weighted by Gasteiger charge is 2.25. The van der Waals surface area contributed by atoms with Crippen molar-refractivity contribution in [1.82, 2.24) is 4.98 Å². The van der Waals surface area contributed by atoms with Gasteiger partial charge >= 0.3 is 0 Å². The third-order valence-corrected chi connectivity index (χ3v) is 2.16. The summed E-state index contributed by atoms with van der Waals surface area (Å²) in [5, 5.41) is 19.2. The minimum absolute atomic E-state index is 0.186. The molecule has 0 saturated carbocycles. The SMILES string of the molecule is Cc1cc(Cl)cnc1C(O)C(O)C(N)=O. The lowest BCUT2D eigenvalue weighted by molar-refractivity contribution is -0.132. The highest BCUT2D eigenvalue weighted by molar-refractivity contribution is 6.30. The number of hydrogen-bond acceptors (Lipinski definition) is 4. The van der Waals surface area contributed by atoms with Gasteiger partial charge in [0.15, 0.2) is 6.10 Å². The van der Waals surface area contributed by atoms with Gasteiger partial charge in [0.2, 0.25) is 5.91 Å². The van der Waals surface area contributed by atoms with Crippen molar-refractivity contribution in [3.63, 3.8) is 0 Å². The second-order valence-electron chi connectivity index (χ2n) is 3.15. The van der Waals surface area contributed by atoms with Crippen LogP contribution >= 0.6 is 11.6 Å². The standard InChI is InChI=1S/C9H11ClN2O3/c1-4-2-5(10)3-12-6(4)7(13)8(14)9(11)15/h2-3,7-8,13-14H,1H3,(H2,11,15). The molecule has 0 aliphatic rings. The first kappa shape index (κ1) is 11.9. The predicted molar refractivity (Wildman–Crippen MR) is 54.1 cm³/mol. The Morgan fingerprint density at radius 3 is 2.67 bits per heavy atom. The average molecular weight is 231 g/mol. The Kier molecular flexibility index (Phi) is 3.62. The molecule has 15 heavy (non-hydrogen) atoms. The molecule has 1 rings (SSSR count). The monoisotopic (exact) mass is 230 g/mol. The molecule has 82 valence electrons. The van der Waals surface area contributed by atoms with E-state index in [9.17, 15) is 15.0 Å². The quantitative estimate of drug-likeness (QED) is 0.677. The van der Waals surface area contributed by atoms with Crippen LogP contribution in [0.15, 0.2) is 12.3 Å². The number of aliphatic hydroxyl groups excluding tert-OH is 2. The average Bonchev–Trinajstić information content (AvgIpc) is 2.15. The van der Waals surface area contributed by atoms with E-state index in [-0.39, 0.29) is 5.69 Å². The fraction of sp³-hybridized carbons (Fsp3) is 0.333. The van der Waals surface area contributed by atoms with E-state index in [1.807, 2.05) is 0 Å². The van der Waals surface area contributed by atoms with E-state index in [2.05, 4.69) is 4.98 Å². The summed E-state index contributed by atoms with van der Waals surface area (Å²) in [4.78, 5) is 14.5. The molecule has 6 heteroatoms. The molecule has 1 amide bonds. The smallest absolute Gasteiger partial charge is 0.249 e. The Labute approximate surface area is 91.5 Å². The van der Waals surface area contributed by atoms with Crippen LogP contribution in [0, 0.1) is 6.92 Å². The van der Waals surface area contributed by atoms with Crippen molar-refractivity contribution in [2.24, 2.45) is 5.73 Å². The molecular weight excluding hydrogens is 220 g/mol. The molecule has 0 bridgehead atoms. The van der Waals surface area contributed by atoms with Gasteiger partial charge in [-0.3, -0.25) is 9.78 Å². The second kappa shape index (κ2) is 4.57. The summed E-state index contributed by atoms with van der Waals surface area (Å²) in [5.41, 5.74) is 5.62. The first-order valence-corrected chi connectivity index (χ1v) is 4.58. The van der Waals surface area contributed by atoms with Crippen LogP contribution in [0.4, 0.5) is 0 Å². The van der Waals surface area contributed by atoms with Gasteiger partial charge in [-0.15, -0.1) is 0 Å². The highest BCUT2D eigenvalue weighted by atomic mass is 35.5. The van der Waals surface area contributed by atoms with Crippen molar-refractivity contribution in [1.29, 1.82) is 0 Å². The van der Waals surface area contributed by atoms with Gasteiger partial charge in [-0.2, -0.15) is 0 Å². The van der Waals surface area contributed by atoms with E-state index in [1.165, 1.54) is 6.20 Å². The lowest BCUT2D eigenvalue weighted by atomic mass is 10.1. The lowest BCUT2D eigenvalue weighted by Crippen LogP contribution is -2.34. The summed E-state index contributed by atoms with van der Waals surface area (Å²) in [6.45, 7) is 1.66. The van der Waals surface area contributed by atoms with Crippen LogP contribution < -0.4 is 5.73 Å². The minimum Gasteiger partial charge on any atom is -0.383 e. The molecule has 0 aromatic carbocycles. The number of primary amides is 1. The Bertz CT molecular complexity index is 384. The Balaban J connectivity index is 3.01. The van der Waals surface area contributed by atoms with Gasteiger partial charge < -0.3 is 15.9 Å². The minimum atomic E-state index is -1.67. The number of pyridine rings is 1. The van der Waals surface area contributed by atoms with E-state index in [4.69, 9.17) is 17.3 Å². The third-order valence-electron chi connectivity index (χ3n) is 1.96. The number of carbonyl (C=O) groups is 1. The predicted octanol–water partition coefficient (Wildman–Crippen LogP) is -0.0770. The van der Waals surface area contributed by atoms with E-state index in [0.29, 0.717) is 10.6 Å². The third kappa shape index (κ3) is 2.65. The zero-order chi connectivity index (χ0) is 11.6. The number of rotatable bonds is 3. The molecule has 1 heterocycles. The lowest BCUT2D eigenvalue weighted by Gasteiger charge is -2.16. The molecule has 0 fully saturated rings. The van der Waals surface area contributed by atoms with Gasteiger partial charge in [0.05, 0.1) is 10.7 Å². The summed E-state index contributed by atoms with van der Waals surface area (Å²) in [5.74, 6) is -1.00. The number of hydrogen-bond donors (Lipinski definition) is 3.